The Labute approximate surface area is 95.6 Å². The lowest BCUT2D eigenvalue weighted by Crippen LogP contribution is -2.18. The SMILES string of the molecule is CCNC(C)c1ccc(S(C)(=O)=O)c(F)c1. The van der Waals surface area contributed by atoms with E-state index < -0.39 is 15.7 Å². The van der Waals surface area contributed by atoms with Gasteiger partial charge in [0.2, 0.25) is 0 Å². The Bertz CT molecular complexity index is 471. The molecule has 0 aliphatic rings. The highest BCUT2D eigenvalue weighted by atomic mass is 32.2. The molecule has 16 heavy (non-hydrogen) atoms. The third kappa shape index (κ3) is 3.02. The van der Waals surface area contributed by atoms with Crippen LogP contribution in [0, 0.1) is 5.82 Å². The molecule has 0 fully saturated rings. The van der Waals surface area contributed by atoms with Crippen molar-refractivity contribution in [1.82, 2.24) is 5.32 Å². The quantitative estimate of drug-likeness (QED) is 0.881. The number of hydrogen-bond acceptors (Lipinski definition) is 3. The van der Waals surface area contributed by atoms with Gasteiger partial charge in [-0.15, -0.1) is 0 Å². The molecular weight excluding hydrogens is 229 g/mol. The van der Waals surface area contributed by atoms with Gasteiger partial charge in [0.15, 0.2) is 9.84 Å². The van der Waals surface area contributed by atoms with Crippen molar-refractivity contribution < 1.29 is 12.8 Å². The highest BCUT2D eigenvalue weighted by molar-refractivity contribution is 7.90. The standard InChI is InChI=1S/C11H16FNO2S/c1-4-13-8(2)9-5-6-11(10(12)7-9)16(3,14)15/h5-8,13H,4H2,1-3H3. The molecule has 0 spiro atoms. The largest absolute Gasteiger partial charge is 0.310 e. The maximum atomic E-state index is 13.5. The Morgan fingerprint density at radius 3 is 2.50 bits per heavy atom. The lowest BCUT2D eigenvalue weighted by atomic mass is 10.1. The average molecular weight is 245 g/mol. The van der Waals surface area contributed by atoms with E-state index in [2.05, 4.69) is 5.32 Å². The van der Waals surface area contributed by atoms with Crippen molar-refractivity contribution in [2.45, 2.75) is 24.8 Å². The van der Waals surface area contributed by atoms with Crippen LogP contribution in [0.1, 0.15) is 25.5 Å². The molecule has 1 aromatic rings. The fraction of sp³-hybridized carbons (Fsp3) is 0.455. The van der Waals surface area contributed by atoms with Gasteiger partial charge in [0, 0.05) is 12.3 Å². The van der Waals surface area contributed by atoms with E-state index in [4.69, 9.17) is 0 Å². The second kappa shape index (κ2) is 4.93. The molecule has 0 saturated carbocycles. The molecule has 3 nitrogen and oxygen atoms in total. The smallest absolute Gasteiger partial charge is 0.178 e. The molecule has 90 valence electrons. The van der Waals surface area contributed by atoms with Gasteiger partial charge in [-0.1, -0.05) is 13.0 Å². The van der Waals surface area contributed by atoms with Crippen LogP contribution in [-0.4, -0.2) is 21.2 Å². The summed E-state index contributed by atoms with van der Waals surface area (Å²) in [5.41, 5.74) is 0.742. The van der Waals surface area contributed by atoms with Crippen LogP contribution in [0.2, 0.25) is 0 Å². The van der Waals surface area contributed by atoms with E-state index in [1.54, 1.807) is 6.07 Å². The third-order valence-corrected chi connectivity index (χ3v) is 3.50. The molecule has 0 amide bonds. The molecule has 1 atom stereocenters. The first kappa shape index (κ1) is 13.1. The summed E-state index contributed by atoms with van der Waals surface area (Å²) in [4.78, 5) is -0.250. The van der Waals surface area contributed by atoms with Gasteiger partial charge < -0.3 is 5.32 Å². The van der Waals surface area contributed by atoms with Crippen LogP contribution in [0.5, 0.6) is 0 Å². The molecule has 0 aliphatic heterocycles. The summed E-state index contributed by atoms with van der Waals surface area (Å²) in [5, 5.41) is 3.13. The topological polar surface area (TPSA) is 46.2 Å². The predicted molar refractivity (Wildman–Crippen MR) is 61.6 cm³/mol. The Kier molecular flexibility index (Phi) is 4.04. The van der Waals surface area contributed by atoms with Crippen LogP contribution < -0.4 is 5.32 Å². The van der Waals surface area contributed by atoms with E-state index in [0.717, 1.165) is 18.4 Å². The molecule has 1 unspecified atom stereocenters. The third-order valence-electron chi connectivity index (χ3n) is 2.37. The van der Waals surface area contributed by atoms with Crippen LogP contribution in [0.25, 0.3) is 0 Å². The minimum Gasteiger partial charge on any atom is -0.310 e. The second-order valence-corrected chi connectivity index (χ2v) is 5.73. The van der Waals surface area contributed by atoms with Gasteiger partial charge in [-0.25, -0.2) is 12.8 Å². The predicted octanol–water partition coefficient (Wildman–Crippen LogP) is 1.90. The molecule has 0 saturated heterocycles. The van der Waals surface area contributed by atoms with Gasteiger partial charge in [0.1, 0.15) is 10.7 Å². The van der Waals surface area contributed by atoms with E-state index >= 15 is 0 Å². The first-order valence-corrected chi connectivity index (χ1v) is 6.98. The number of halogens is 1. The van der Waals surface area contributed by atoms with Gasteiger partial charge in [-0.3, -0.25) is 0 Å². The van der Waals surface area contributed by atoms with Crippen LogP contribution in [-0.2, 0) is 9.84 Å². The normalized spacial score (nSPS) is 13.8. The van der Waals surface area contributed by atoms with Crippen molar-refractivity contribution in [1.29, 1.82) is 0 Å². The zero-order valence-corrected chi connectivity index (χ0v) is 10.4. The fourth-order valence-electron chi connectivity index (χ4n) is 1.51. The van der Waals surface area contributed by atoms with E-state index in [9.17, 15) is 12.8 Å². The van der Waals surface area contributed by atoms with E-state index in [0.29, 0.717) is 0 Å². The minimum absolute atomic E-state index is 0.00751. The summed E-state index contributed by atoms with van der Waals surface area (Å²) in [5.74, 6) is -0.690. The summed E-state index contributed by atoms with van der Waals surface area (Å²) >= 11 is 0. The molecule has 1 rings (SSSR count). The molecule has 1 N–H and O–H groups in total. The summed E-state index contributed by atoms with van der Waals surface area (Å²) < 4.78 is 35.9. The van der Waals surface area contributed by atoms with Crippen molar-refractivity contribution >= 4 is 9.84 Å². The van der Waals surface area contributed by atoms with Gasteiger partial charge in [-0.05, 0) is 31.2 Å². The zero-order chi connectivity index (χ0) is 12.3. The molecular formula is C11H16FNO2S. The highest BCUT2D eigenvalue weighted by Crippen LogP contribution is 2.19. The minimum atomic E-state index is -3.48. The maximum absolute atomic E-state index is 13.5. The highest BCUT2D eigenvalue weighted by Gasteiger charge is 2.15. The van der Waals surface area contributed by atoms with E-state index in [-0.39, 0.29) is 10.9 Å². The first-order chi connectivity index (χ1) is 7.36. The number of nitrogens with one attached hydrogen (secondary N) is 1. The summed E-state index contributed by atoms with van der Waals surface area (Å²) in [7, 11) is -3.48. The van der Waals surface area contributed by atoms with Crippen molar-refractivity contribution in [2.24, 2.45) is 0 Å². The summed E-state index contributed by atoms with van der Waals surface area (Å²) in [6, 6.07) is 4.22. The lowest BCUT2D eigenvalue weighted by Gasteiger charge is -2.13. The van der Waals surface area contributed by atoms with Crippen molar-refractivity contribution in [3.63, 3.8) is 0 Å². The van der Waals surface area contributed by atoms with Gasteiger partial charge in [0.25, 0.3) is 0 Å². The Morgan fingerprint density at radius 1 is 1.44 bits per heavy atom. The summed E-state index contributed by atoms with van der Waals surface area (Å²) in [6.45, 7) is 4.63. The first-order valence-electron chi connectivity index (χ1n) is 5.09. The zero-order valence-electron chi connectivity index (χ0n) is 9.62. The van der Waals surface area contributed by atoms with Crippen molar-refractivity contribution in [3.8, 4) is 0 Å². The molecule has 0 radical (unpaired) electrons. The van der Waals surface area contributed by atoms with Gasteiger partial charge >= 0.3 is 0 Å². The molecule has 0 heterocycles. The van der Waals surface area contributed by atoms with Crippen LogP contribution in [0.15, 0.2) is 23.1 Å². The monoisotopic (exact) mass is 245 g/mol. The van der Waals surface area contributed by atoms with E-state index in [1.165, 1.54) is 12.1 Å². The van der Waals surface area contributed by atoms with Crippen LogP contribution in [0.4, 0.5) is 4.39 Å². The molecule has 5 heteroatoms. The number of hydrogen-bond donors (Lipinski definition) is 1. The number of sulfone groups is 1. The summed E-state index contributed by atoms with van der Waals surface area (Å²) in [6.07, 6.45) is 0.999. The molecule has 0 aliphatic carbocycles. The Hall–Kier alpha value is -0.940. The number of rotatable bonds is 4. The molecule has 1 aromatic carbocycles. The van der Waals surface area contributed by atoms with Crippen LogP contribution in [0.3, 0.4) is 0 Å². The van der Waals surface area contributed by atoms with Gasteiger partial charge in [-0.2, -0.15) is 0 Å². The van der Waals surface area contributed by atoms with Crippen LogP contribution >= 0.6 is 0 Å². The molecule has 0 bridgehead atoms. The second-order valence-electron chi connectivity index (χ2n) is 3.74. The van der Waals surface area contributed by atoms with Crippen molar-refractivity contribution in [3.05, 3.63) is 29.6 Å². The average Bonchev–Trinajstić information content (AvgIpc) is 2.16. The Balaban J connectivity index is 3.09. The maximum Gasteiger partial charge on any atom is 0.178 e. The lowest BCUT2D eigenvalue weighted by molar-refractivity contribution is 0.557. The molecule has 0 aromatic heterocycles. The van der Waals surface area contributed by atoms with Gasteiger partial charge in [0.05, 0.1) is 0 Å². The number of benzene rings is 1. The Morgan fingerprint density at radius 2 is 2.06 bits per heavy atom. The van der Waals surface area contributed by atoms with E-state index in [1.807, 2.05) is 13.8 Å². The van der Waals surface area contributed by atoms with Crippen molar-refractivity contribution in [2.75, 3.05) is 12.8 Å². The fourth-order valence-corrected chi connectivity index (χ4v) is 2.24.